The Morgan fingerprint density at radius 1 is 1.05 bits per heavy atom. The van der Waals surface area contributed by atoms with E-state index in [0.29, 0.717) is 48.5 Å². The first kappa shape index (κ1) is 22.9. The standard InChI is InChI=1S/C29H29F3N4O4/c1-15-26(16(2)40-34-15)17-4-9-24-23(12-17)33-28(35(24)18-5-7-20(38-3)8-6-18)25-10-11-39-29(37)36(25)19-13-21(30)27(32)22(31)14-19/h4,9,12-14,18,20,25H,5-8,10-11H2,1-3H3/t18?,20?,25-/m0/s1/i3D3. The van der Waals surface area contributed by atoms with E-state index < -0.39 is 42.7 Å². The Morgan fingerprint density at radius 2 is 1.80 bits per heavy atom. The maximum atomic E-state index is 14.3. The van der Waals surface area contributed by atoms with E-state index in [-0.39, 0.29) is 24.8 Å². The number of fused-ring (bicyclic) bond motifs is 1. The summed E-state index contributed by atoms with van der Waals surface area (Å²) in [5.74, 6) is -3.39. The number of carbonyl (C=O) groups excluding carboxylic acids is 1. The second-order valence-electron chi connectivity index (χ2n) is 10.3. The van der Waals surface area contributed by atoms with Gasteiger partial charge in [-0.15, -0.1) is 0 Å². The molecule has 2 fully saturated rings. The lowest BCUT2D eigenvalue weighted by Gasteiger charge is -2.37. The highest BCUT2D eigenvalue weighted by Gasteiger charge is 2.38. The maximum Gasteiger partial charge on any atom is 0.414 e. The van der Waals surface area contributed by atoms with Crippen LogP contribution in [0, 0.1) is 31.3 Å². The number of methoxy groups -OCH3 is 1. The number of anilines is 1. The number of hydrogen-bond donors (Lipinski definition) is 0. The van der Waals surface area contributed by atoms with Gasteiger partial charge in [-0.05, 0) is 57.2 Å². The predicted octanol–water partition coefficient (Wildman–Crippen LogP) is 6.94. The Kier molecular flexibility index (Phi) is 5.88. The third kappa shape index (κ3) is 4.42. The van der Waals surface area contributed by atoms with Crippen molar-refractivity contribution >= 4 is 22.8 Å². The molecule has 3 heterocycles. The molecule has 2 aliphatic rings. The second kappa shape index (κ2) is 10.3. The number of imidazole rings is 1. The Hall–Kier alpha value is -3.86. The van der Waals surface area contributed by atoms with Crippen LogP contribution in [0.2, 0.25) is 0 Å². The van der Waals surface area contributed by atoms with Crippen molar-refractivity contribution in [1.82, 2.24) is 14.7 Å². The molecule has 0 unspecified atom stereocenters. The number of nitrogens with zero attached hydrogens (tertiary/aromatic N) is 4. The Morgan fingerprint density at radius 3 is 2.48 bits per heavy atom. The van der Waals surface area contributed by atoms with Gasteiger partial charge in [0.1, 0.15) is 17.6 Å². The lowest BCUT2D eigenvalue weighted by molar-refractivity contribution is 0.0582. The Balaban J connectivity index is 1.47. The third-order valence-electron chi connectivity index (χ3n) is 7.88. The summed E-state index contributed by atoms with van der Waals surface area (Å²) in [4.78, 5) is 19.2. The first-order valence-electron chi connectivity index (χ1n) is 14.6. The molecule has 0 N–H and O–H groups in total. The van der Waals surface area contributed by atoms with Crippen molar-refractivity contribution in [2.45, 2.75) is 64.1 Å². The van der Waals surface area contributed by atoms with Crippen molar-refractivity contribution in [2.24, 2.45) is 0 Å². The van der Waals surface area contributed by atoms with Crippen LogP contribution in [0.5, 0.6) is 0 Å². The van der Waals surface area contributed by atoms with Crippen molar-refractivity contribution in [2.75, 3.05) is 18.5 Å². The molecule has 1 atom stereocenters. The fourth-order valence-electron chi connectivity index (χ4n) is 6.00. The first-order chi connectivity index (χ1) is 20.4. The number of halogens is 3. The number of hydrogen-bond acceptors (Lipinski definition) is 6. The number of ether oxygens (including phenoxy) is 2. The fraction of sp³-hybridized carbons (Fsp3) is 0.414. The summed E-state index contributed by atoms with van der Waals surface area (Å²) in [5.41, 5.74) is 3.56. The topological polar surface area (TPSA) is 82.6 Å². The molecule has 0 bridgehead atoms. The molecule has 2 aromatic carbocycles. The van der Waals surface area contributed by atoms with Gasteiger partial charge in [0.05, 0.1) is 39.2 Å². The minimum Gasteiger partial charge on any atom is -0.449 e. The first-order valence-corrected chi connectivity index (χ1v) is 13.1. The molecule has 0 spiro atoms. The zero-order valence-electron chi connectivity index (χ0n) is 24.9. The van der Waals surface area contributed by atoms with Gasteiger partial charge in [-0.1, -0.05) is 11.2 Å². The van der Waals surface area contributed by atoms with E-state index in [4.69, 9.17) is 23.1 Å². The van der Waals surface area contributed by atoms with Gasteiger partial charge in [0, 0.05) is 37.2 Å². The Labute approximate surface area is 232 Å². The van der Waals surface area contributed by atoms with E-state index in [1.54, 1.807) is 0 Å². The summed E-state index contributed by atoms with van der Waals surface area (Å²) in [6.07, 6.45) is 1.10. The molecule has 40 heavy (non-hydrogen) atoms. The summed E-state index contributed by atoms with van der Waals surface area (Å²) in [6.45, 7) is 3.70. The molecule has 4 aromatic rings. The average Bonchev–Trinajstić information content (AvgIpc) is 3.49. The van der Waals surface area contributed by atoms with Gasteiger partial charge in [-0.3, -0.25) is 4.90 Å². The van der Waals surface area contributed by atoms with Crippen LogP contribution in [0.1, 0.15) is 65.6 Å². The minimum atomic E-state index is -2.50. The predicted molar refractivity (Wildman–Crippen MR) is 141 cm³/mol. The second-order valence-corrected chi connectivity index (χ2v) is 10.3. The van der Waals surface area contributed by atoms with E-state index in [0.717, 1.165) is 33.7 Å². The average molecular weight is 558 g/mol. The number of cyclic esters (lactones) is 1. The van der Waals surface area contributed by atoms with Crippen molar-refractivity contribution in [3.05, 3.63) is 65.1 Å². The normalized spacial score (nSPS) is 23.1. The molecule has 1 saturated carbocycles. The highest BCUT2D eigenvalue weighted by atomic mass is 19.2. The largest absolute Gasteiger partial charge is 0.449 e. The van der Waals surface area contributed by atoms with Crippen molar-refractivity contribution in [3.8, 4) is 11.1 Å². The van der Waals surface area contributed by atoms with E-state index >= 15 is 0 Å². The van der Waals surface area contributed by atoms with Crippen LogP contribution in [0.25, 0.3) is 22.2 Å². The summed E-state index contributed by atoms with van der Waals surface area (Å²) in [7, 11) is -2.50. The number of amides is 1. The lowest BCUT2D eigenvalue weighted by Crippen LogP contribution is -2.42. The van der Waals surface area contributed by atoms with E-state index in [1.807, 2.05) is 36.6 Å². The van der Waals surface area contributed by atoms with Crippen molar-refractivity contribution in [3.63, 3.8) is 0 Å². The lowest BCUT2D eigenvalue weighted by atomic mass is 9.92. The quantitative estimate of drug-likeness (QED) is 0.247. The molecule has 1 aliphatic heterocycles. The number of benzene rings is 2. The highest BCUT2D eigenvalue weighted by molar-refractivity contribution is 5.90. The molecular formula is C29H29F3N4O4. The van der Waals surface area contributed by atoms with Crippen molar-refractivity contribution < 1.29 is 36.1 Å². The van der Waals surface area contributed by atoms with Crippen LogP contribution in [0.4, 0.5) is 23.7 Å². The minimum absolute atomic E-state index is 0.0405. The highest BCUT2D eigenvalue weighted by Crippen LogP contribution is 2.41. The zero-order chi connectivity index (χ0) is 30.6. The van der Waals surface area contributed by atoms with Crippen LogP contribution < -0.4 is 4.90 Å². The van der Waals surface area contributed by atoms with E-state index in [9.17, 15) is 18.0 Å². The number of carbonyl (C=O) groups is 1. The summed E-state index contributed by atoms with van der Waals surface area (Å²) < 4.78 is 82.7. The van der Waals surface area contributed by atoms with Crippen molar-refractivity contribution in [1.29, 1.82) is 0 Å². The van der Waals surface area contributed by atoms with Crippen LogP contribution in [0.3, 0.4) is 0 Å². The number of aryl methyl sites for hydroxylation is 2. The molecule has 11 heteroatoms. The molecule has 1 aliphatic carbocycles. The molecule has 1 amide bonds. The molecule has 0 radical (unpaired) electrons. The van der Waals surface area contributed by atoms with Gasteiger partial charge >= 0.3 is 6.09 Å². The number of rotatable bonds is 5. The van der Waals surface area contributed by atoms with Gasteiger partial charge in [0.2, 0.25) is 0 Å². The molecule has 6 rings (SSSR count). The summed E-state index contributed by atoms with van der Waals surface area (Å²) >= 11 is 0. The molecule has 1 saturated heterocycles. The zero-order valence-corrected chi connectivity index (χ0v) is 21.9. The smallest absolute Gasteiger partial charge is 0.414 e. The van der Waals surface area contributed by atoms with Crippen LogP contribution >= 0.6 is 0 Å². The fourth-order valence-corrected chi connectivity index (χ4v) is 6.00. The van der Waals surface area contributed by atoms with Gasteiger partial charge in [-0.2, -0.15) is 0 Å². The van der Waals surface area contributed by atoms with Crippen LogP contribution in [-0.2, 0) is 9.47 Å². The van der Waals surface area contributed by atoms with Gasteiger partial charge in [0.15, 0.2) is 17.5 Å². The van der Waals surface area contributed by atoms with E-state index in [2.05, 4.69) is 5.16 Å². The Bertz CT molecular complexity index is 1660. The van der Waals surface area contributed by atoms with Gasteiger partial charge in [0.25, 0.3) is 0 Å². The monoisotopic (exact) mass is 557 g/mol. The summed E-state index contributed by atoms with van der Waals surface area (Å²) in [6, 6.07) is 6.34. The molecule has 210 valence electrons. The third-order valence-corrected chi connectivity index (χ3v) is 7.88. The molecule has 2 aromatic heterocycles. The van der Waals surface area contributed by atoms with Gasteiger partial charge < -0.3 is 18.6 Å². The van der Waals surface area contributed by atoms with Gasteiger partial charge in [-0.25, -0.2) is 22.9 Å². The number of aromatic nitrogens is 3. The molecule has 8 nitrogen and oxygen atoms in total. The van der Waals surface area contributed by atoms with Crippen LogP contribution in [0.15, 0.2) is 34.9 Å². The van der Waals surface area contributed by atoms with Crippen LogP contribution in [-0.4, -0.2) is 40.5 Å². The SMILES string of the molecule is [2H]C([2H])([2H])OC1CCC(n2c([C@@H]3CCOC(=O)N3c3cc(F)c(F)c(F)c3)nc3cc(-c4c(C)noc4C)ccc32)CC1. The maximum absolute atomic E-state index is 14.3. The van der Waals surface area contributed by atoms with E-state index in [1.165, 1.54) is 0 Å². The molecular weight excluding hydrogens is 525 g/mol. The summed E-state index contributed by atoms with van der Waals surface area (Å²) in [5, 5.41) is 4.05.